The van der Waals surface area contributed by atoms with Gasteiger partial charge >= 0.3 is 0 Å². The van der Waals surface area contributed by atoms with E-state index in [4.69, 9.17) is 0 Å². The molecule has 0 aromatic heterocycles. The largest absolute Gasteiger partial charge is 0.317 e. The fourth-order valence-electron chi connectivity index (χ4n) is 2.41. The maximum atomic E-state index is 11.7. The van der Waals surface area contributed by atoms with Gasteiger partial charge in [-0.2, -0.15) is 0 Å². The van der Waals surface area contributed by atoms with E-state index >= 15 is 0 Å². The van der Waals surface area contributed by atoms with Crippen LogP contribution in [0.4, 0.5) is 0 Å². The van der Waals surface area contributed by atoms with Crippen LogP contribution in [0, 0.1) is 5.92 Å². The molecule has 2 rings (SSSR count). The summed E-state index contributed by atoms with van der Waals surface area (Å²) in [5, 5.41) is 3.11. The number of hydrogen-bond donors (Lipinski definition) is 1. The van der Waals surface area contributed by atoms with Crippen molar-refractivity contribution in [2.24, 2.45) is 5.92 Å². The zero-order valence-corrected chi connectivity index (χ0v) is 12.3. The number of hydrogen-bond acceptors (Lipinski definition) is 2. The highest BCUT2D eigenvalue weighted by Crippen LogP contribution is 2.28. The van der Waals surface area contributed by atoms with Gasteiger partial charge < -0.3 is 5.32 Å². The minimum atomic E-state index is 0.183. The summed E-state index contributed by atoms with van der Waals surface area (Å²) in [4.78, 5) is 11.7. The molecule has 2 aliphatic rings. The van der Waals surface area contributed by atoms with Crippen molar-refractivity contribution < 1.29 is 4.79 Å². The van der Waals surface area contributed by atoms with E-state index in [1.54, 1.807) is 0 Å². The van der Waals surface area contributed by atoms with Gasteiger partial charge in [0.2, 0.25) is 0 Å². The Kier molecular flexibility index (Phi) is 8.15. The van der Waals surface area contributed by atoms with Crippen LogP contribution in [0.5, 0.6) is 0 Å². The molecule has 2 nitrogen and oxygen atoms in total. The fraction of sp³-hybridized carbons (Fsp3) is 0.588. The number of Topliss-reactive ketones (excluding diaryl/α,β-unsaturated/α-hetero) is 1. The van der Waals surface area contributed by atoms with Crippen LogP contribution in [-0.4, -0.2) is 18.9 Å². The van der Waals surface area contributed by atoms with Crippen molar-refractivity contribution >= 4 is 5.78 Å². The molecule has 0 saturated heterocycles. The maximum Gasteiger partial charge on any atom is 0.140 e. The molecular weight excluding hydrogens is 234 g/mol. The molecule has 0 bridgehead atoms. The van der Waals surface area contributed by atoms with Gasteiger partial charge in [-0.1, -0.05) is 50.6 Å². The van der Waals surface area contributed by atoms with Crippen molar-refractivity contribution in [3.8, 4) is 0 Å². The highest BCUT2D eigenvalue weighted by molar-refractivity contribution is 5.85. The average molecular weight is 261 g/mol. The topological polar surface area (TPSA) is 29.1 Å². The van der Waals surface area contributed by atoms with Crippen molar-refractivity contribution in [1.82, 2.24) is 5.32 Å². The molecule has 1 saturated carbocycles. The van der Waals surface area contributed by atoms with Gasteiger partial charge in [0.25, 0.3) is 0 Å². The Hall–Kier alpha value is -1.15. The molecule has 0 amide bonds. The van der Waals surface area contributed by atoms with Crippen LogP contribution in [0.3, 0.4) is 0 Å². The van der Waals surface area contributed by atoms with Crippen LogP contribution in [0.25, 0.3) is 0 Å². The SMILES string of the molecule is CCNCC.O=C1CCCC[C@@H]1C1=CC=CCC=C1. The lowest BCUT2D eigenvalue weighted by molar-refractivity contribution is -0.123. The van der Waals surface area contributed by atoms with Crippen molar-refractivity contribution in [1.29, 1.82) is 0 Å². The maximum absolute atomic E-state index is 11.7. The van der Waals surface area contributed by atoms with Gasteiger partial charge in [0.15, 0.2) is 0 Å². The van der Waals surface area contributed by atoms with E-state index in [9.17, 15) is 4.79 Å². The molecular formula is C17H27NO. The number of carbonyl (C=O) groups is 1. The average Bonchev–Trinajstić information content (AvgIpc) is 2.70. The van der Waals surface area contributed by atoms with Gasteiger partial charge in [-0.3, -0.25) is 4.79 Å². The lowest BCUT2D eigenvalue weighted by Gasteiger charge is -2.21. The molecule has 1 N–H and O–H groups in total. The van der Waals surface area contributed by atoms with Gasteiger partial charge in [-0.05, 0) is 37.9 Å². The van der Waals surface area contributed by atoms with E-state index in [2.05, 4.69) is 49.5 Å². The van der Waals surface area contributed by atoms with Gasteiger partial charge in [0.05, 0.1) is 0 Å². The summed E-state index contributed by atoms with van der Waals surface area (Å²) in [6.45, 7) is 6.39. The van der Waals surface area contributed by atoms with Crippen LogP contribution < -0.4 is 5.32 Å². The third kappa shape index (κ3) is 6.02. The molecule has 0 heterocycles. The predicted octanol–water partition coefficient (Wildman–Crippen LogP) is 3.80. The second kappa shape index (κ2) is 9.74. The van der Waals surface area contributed by atoms with Crippen LogP contribution in [0.2, 0.25) is 0 Å². The van der Waals surface area contributed by atoms with Gasteiger partial charge in [-0.15, -0.1) is 0 Å². The number of allylic oxidation sites excluding steroid dienone is 6. The second-order valence-corrected chi connectivity index (χ2v) is 4.95. The summed E-state index contributed by atoms with van der Waals surface area (Å²) in [5.74, 6) is 0.616. The van der Waals surface area contributed by atoms with Gasteiger partial charge in [0, 0.05) is 12.3 Å². The van der Waals surface area contributed by atoms with Gasteiger partial charge in [-0.25, -0.2) is 0 Å². The quantitative estimate of drug-likeness (QED) is 0.837. The normalized spacial score (nSPS) is 22.3. The molecule has 0 unspecified atom stereocenters. The Morgan fingerprint density at radius 3 is 2.63 bits per heavy atom. The Bertz CT molecular complexity index is 350. The Morgan fingerprint density at radius 2 is 2.00 bits per heavy atom. The molecule has 19 heavy (non-hydrogen) atoms. The first kappa shape index (κ1) is 15.9. The van der Waals surface area contributed by atoms with Crippen LogP contribution in [0.1, 0.15) is 46.0 Å². The van der Waals surface area contributed by atoms with E-state index in [1.807, 2.05) is 0 Å². The van der Waals surface area contributed by atoms with Crippen molar-refractivity contribution in [2.75, 3.05) is 13.1 Å². The lowest BCUT2D eigenvalue weighted by atomic mass is 9.82. The molecule has 0 spiro atoms. The molecule has 2 aliphatic carbocycles. The van der Waals surface area contributed by atoms with Crippen molar-refractivity contribution in [3.05, 3.63) is 36.0 Å². The van der Waals surface area contributed by atoms with Crippen LogP contribution in [-0.2, 0) is 4.79 Å². The zero-order valence-electron chi connectivity index (χ0n) is 12.3. The highest BCUT2D eigenvalue weighted by atomic mass is 16.1. The van der Waals surface area contributed by atoms with E-state index < -0.39 is 0 Å². The zero-order chi connectivity index (χ0) is 13.9. The van der Waals surface area contributed by atoms with E-state index in [-0.39, 0.29) is 5.92 Å². The number of ketones is 1. The third-order valence-electron chi connectivity index (χ3n) is 3.46. The second-order valence-electron chi connectivity index (χ2n) is 4.95. The minimum Gasteiger partial charge on any atom is -0.317 e. The first-order chi connectivity index (χ1) is 9.29. The third-order valence-corrected chi connectivity index (χ3v) is 3.46. The molecule has 0 aliphatic heterocycles. The van der Waals surface area contributed by atoms with Crippen molar-refractivity contribution in [3.63, 3.8) is 0 Å². The summed E-state index contributed by atoms with van der Waals surface area (Å²) in [7, 11) is 0. The summed E-state index contributed by atoms with van der Waals surface area (Å²) in [6.07, 6.45) is 15.6. The predicted molar refractivity (Wildman–Crippen MR) is 82.2 cm³/mol. The summed E-state index contributed by atoms with van der Waals surface area (Å²) < 4.78 is 0. The highest BCUT2D eigenvalue weighted by Gasteiger charge is 2.24. The smallest absolute Gasteiger partial charge is 0.140 e. The first-order valence-electron chi connectivity index (χ1n) is 7.56. The molecule has 0 aromatic carbocycles. The summed E-state index contributed by atoms with van der Waals surface area (Å²) >= 11 is 0. The summed E-state index contributed by atoms with van der Waals surface area (Å²) in [5.41, 5.74) is 1.21. The molecule has 2 heteroatoms. The Balaban J connectivity index is 0.000000312. The molecule has 1 atom stereocenters. The molecule has 0 radical (unpaired) electrons. The minimum absolute atomic E-state index is 0.183. The number of rotatable bonds is 3. The lowest BCUT2D eigenvalue weighted by Crippen LogP contribution is -2.20. The molecule has 106 valence electrons. The van der Waals surface area contributed by atoms with E-state index in [0.717, 1.165) is 38.8 Å². The Labute approximate surface area is 117 Å². The fourth-order valence-corrected chi connectivity index (χ4v) is 2.41. The monoisotopic (exact) mass is 261 g/mol. The number of nitrogens with one attached hydrogen (secondary N) is 1. The summed E-state index contributed by atoms with van der Waals surface area (Å²) in [6, 6.07) is 0. The number of carbonyl (C=O) groups excluding carboxylic acids is 1. The standard InChI is InChI=1S/C13H16O.C4H11N/c14-13-10-6-5-9-12(13)11-7-3-1-2-4-8-11;1-3-5-4-2/h1,3-4,7-8,12H,2,5-6,9-10H2;5H,3-4H2,1-2H3/t12-;/m1./s1. The molecule has 0 aromatic rings. The van der Waals surface area contributed by atoms with Crippen LogP contribution in [0.15, 0.2) is 36.0 Å². The Morgan fingerprint density at radius 1 is 1.21 bits per heavy atom. The first-order valence-corrected chi connectivity index (χ1v) is 7.56. The van der Waals surface area contributed by atoms with Crippen molar-refractivity contribution in [2.45, 2.75) is 46.0 Å². The molecule has 1 fully saturated rings. The van der Waals surface area contributed by atoms with E-state index in [1.165, 1.54) is 12.0 Å². The van der Waals surface area contributed by atoms with Gasteiger partial charge in [0.1, 0.15) is 5.78 Å². The van der Waals surface area contributed by atoms with E-state index in [0.29, 0.717) is 5.78 Å². The van der Waals surface area contributed by atoms with Crippen LogP contribution >= 0.6 is 0 Å².